The van der Waals surface area contributed by atoms with Crippen LogP contribution < -0.4 is 5.32 Å². The van der Waals surface area contributed by atoms with Crippen molar-refractivity contribution in [3.63, 3.8) is 0 Å². The fourth-order valence-electron chi connectivity index (χ4n) is 2.35. The van der Waals surface area contributed by atoms with Crippen molar-refractivity contribution in [2.24, 2.45) is 0 Å². The number of hydrogen-bond acceptors (Lipinski definition) is 1. The zero-order chi connectivity index (χ0) is 10.5. The maximum atomic E-state index is 3.57. The third-order valence-corrected chi connectivity index (χ3v) is 3.24. The van der Waals surface area contributed by atoms with Crippen LogP contribution in [0.2, 0.25) is 0 Å². The van der Waals surface area contributed by atoms with E-state index in [1.165, 1.54) is 44.2 Å². The van der Waals surface area contributed by atoms with Crippen molar-refractivity contribution in [3.8, 4) is 0 Å². The van der Waals surface area contributed by atoms with Crippen LogP contribution in [-0.2, 0) is 12.8 Å². The Balaban J connectivity index is 2.09. The molecule has 0 radical (unpaired) electrons. The zero-order valence-corrected chi connectivity index (χ0v) is 9.68. The number of anilines is 1. The lowest BCUT2D eigenvalue weighted by atomic mass is 9.90. The van der Waals surface area contributed by atoms with Crippen molar-refractivity contribution in [1.29, 1.82) is 0 Å². The highest BCUT2D eigenvalue weighted by molar-refractivity contribution is 5.55. The van der Waals surface area contributed by atoms with E-state index in [9.17, 15) is 0 Å². The molecule has 0 aromatic heterocycles. The van der Waals surface area contributed by atoms with Gasteiger partial charge in [-0.1, -0.05) is 25.5 Å². The first-order chi connectivity index (χ1) is 7.42. The predicted octanol–water partition coefficient (Wildman–Crippen LogP) is 3.78. The standard InChI is InChI=1S/C14H21N/c1-2-3-11-15-14-10-6-8-12-7-4-5-9-13(12)14/h6,8,10,15H,2-5,7,9,11H2,1H3. The van der Waals surface area contributed by atoms with Crippen LogP contribution in [-0.4, -0.2) is 6.54 Å². The zero-order valence-electron chi connectivity index (χ0n) is 9.68. The molecule has 15 heavy (non-hydrogen) atoms. The van der Waals surface area contributed by atoms with Gasteiger partial charge in [0.05, 0.1) is 0 Å². The van der Waals surface area contributed by atoms with E-state index in [-0.39, 0.29) is 0 Å². The Morgan fingerprint density at radius 2 is 2.07 bits per heavy atom. The second-order valence-corrected chi connectivity index (χ2v) is 4.43. The molecule has 0 amide bonds. The van der Waals surface area contributed by atoms with Crippen molar-refractivity contribution in [2.75, 3.05) is 11.9 Å². The van der Waals surface area contributed by atoms with Crippen LogP contribution >= 0.6 is 0 Å². The van der Waals surface area contributed by atoms with E-state index in [1.54, 1.807) is 11.1 Å². The monoisotopic (exact) mass is 203 g/mol. The van der Waals surface area contributed by atoms with Crippen LogP contribution in [0.4, 0.5) is 5.69 Å². The Morgan fingerprint density at radius 1 is 1.20 bits per heavy atom. The van der Waals surface area contributed by atoms with Gasteiger partial charge < -0.3 is 5.32 Å². The van der Waals surface area contributed by atoms with Gasteiger partial charge in [-0.05, 0) is 49.3 Å². The Kier molecular flexibility index (Phi) is 3.65. The smallest absolute Gasteiger partial charge is 0.0375 e. The van der Waals surface area contributed by atoms with Gasteiger partial charge in [0, 0.05) is 12.2 Å². The van der Waals surface area contributed by atoms with E-state index in [0.717, 1.165) is 6.54 Å². The Bertz CT molecular complexity index is 317. The van der Waals surface area contributed by atoms with E-state index in [1.807, 2.05) is 0 Å². The molecule has 0 bridgehead atoms. The third-order valence-electron chi connectivity index (χ3n) is 3.24. The van der Waals surface area contributed by atoms with Gasteiger partial charge >= 0.3 is 0 Å². The first-order valence-electron chi connectivity index (χ1n) is 6.26. The topological polar surface area (TPSA) is 12.0 Å². The van der Waals surface area contributed by atoms with Crippen LogP contribution in [0.1, 0.15) is 43.7 Å². The quantitative estimate of drug-likeness (QED) is 0.734. The number of unbranched alkanes of at least 4 members (excludes halogenated alkanes) is 1. The second-order valence-electron chi connectivity index (χ2n) is 4.43. The first kappa shape index (κ1) is 10.5. The molecule has 1 aliphatic rings. The van der Waals surface area contributed by atoms with Crippen LogP contribution in [0.15, 0.2) is 18.2 Å². The van der Waals surface area contributed by atoms with E-state index >= 15 is 0 Å². The SMILES string of the molecule is CCCCNc1cccc2c1CCCC2. The summed E-state index contributed by atoms with van der Waals surface area (Å²) in [4.78, 5) is 0. The van der Waals surface area contributed by atoms with Crippen molar-refractivity contribution in [1.82, 2.24) is 0 Å². The molecule has 0 saturated carbocycles. The van der Waals surface area contributed by atoms with Gasteiger partial charge in [0.15, 0.2) is 0 Å². The number of benzene rings is 1. The average molecular weight is 203 g/mol. The van der Waals surface area contributed by atoms with E-state index in [2.05, 4.69) is 30.4 Å². The summed E-state index contributed by atoms with van der Waals surface area (Å²) in [7, 11) is 0. The Hall–Kier alpha value is -0.980. The van der Waals surface area contributed by atoms with Gasteiger partial charge in [-0.25, -0.2) is 0 Å². The summed E-state index contributed by atoms with van der Waals surface area (Å²) in [6, 6.07) is 6.72. The summed E-state index contributed by atoms with van der Waals surface area (Å²) in [5.41, 5.74) is 4.54. The molecule has 0 unspecified atom stereocenters. The fourth-order valence-corrected chi connectivity index (χ4v) is 2.35. The molecule has 0 atom stereocenters. The van der Waals surface area contributed by atoms with Crippen molar-refractivity contribution in [2.45, 2.75) is 45.4 Å². The molecule has 1 aromatic carbocycles. The molecule has 0 aliphatic heterocycles. The van der Waals surface area contributed by atoms with Gasteiger partial charge in [0.1, 0.15) is 0 Å². The maximum Gasteiger partial charge on any atom is 0.0375 e. The molecule has 1 heteroatoms. The number of aryl methyl sites for hydroxylation is 1. The van der Waals surface area contributed by atoms with Gasteiger partial charge in [0.25, 0.3) is 0 Å². The minimum Gasteiger partial charge on any atom is -0.385 e. The number of nitrogens with one attached hydrogen (secondary N) is 1. The van der Waals surface area contributed by atoms with E-state index in [0.29, 0.717) is 0 Å². The van der Waals surface area contributed by atoms with Crippen LogP contribution in [0.3, 0.4) is 0 Å². The van der Waals surface area contributed by atoms with Crippen LogP contribution in [0.25, 0.3) is 0 Å². The molecule has 82 valence electrons. The summed E-state index contributed by atoms with van der Waals surface area (Å²) in [6.45, 7) is 3.36. The van der Waals surface area contributed by atoms with E-state index in [4.69, 9.17) is 0 Å². The first-order valence-corrected chi connectivity index (χ1v) is 6.26. The molecule has 0 saturated heterocycles. The lowest BCUT2D eigenvalue weighted by Crippen LogP contribution is -2.09. The highest BCUT2D eigenvalue weighted by Crippen LogP contribution is 2.27. The fraction of sp³-hybridized carbons (Fsp3) is 0.571. The molecular formula is C14H21N. The molecule has 1 nitrogen and oxygen atoms in total. The largest absolute Gasteiger partial charge is 0.385 e. The lowest BCUT2D eigenvalue weighted by Gasteiger charge is -2.20. The number of rotatable bonds is 4. The second kappa shape index (κ2) is 5.20. The molecule has 0 heterocycles. The van der Waals surface area contributed by atoms with E-state index < -0.39 is 0 Å². The minimum absolute atomic E-state index is 1.12. The predicted molar refractivity (Wildman–Crippen MR) is 66.5 cm³/mol. The molecule has 0 fully saturated rings. The molecular weight excluding hydrogens is 182 g/mol. The molecule has 1 aromatic rings. The average Bonchev–Trinajstić information content (AvgIpc) is 2.30. The molecule has 0 spiro atoms. The van der Waals surface area contributed by atoms with Crippen molar-refractivity contribution < 1.29 is 0 Å². The summed E-state index contributed by atoms with van der Waals surface area (Å²) >= 11 is 0. The summed E-state index contributed by atoms with van der Waals surface area (Å²) < 4.78 is 0. The van der Waals surface area contributed by atoms with Crippen molar-refractivity contribution >= 4 is 5.69 Å². The van der Waals surface area contributed by atoms with Gasteiger partial charge in [-0.2, -0.15) is 0 Å². The van der Waals surface area contributed by atoms with Gasteiger partial charge in [0.2, 0.25) is 0 Å². The van der Waals surface area contributed by atoms with Crippen molar-refractivity contribution in [3.05, 3.63) is 29.3 Å². The normalized spacial score (nSPS) is 14.7. The molecule has 1 aliphatic carbocycles. The lowest BCUT2D eigenvalue weighted by molar-refractivity contribution is 0.686. The summed E-state index contributed by atoms with van der Waals surface area (Å²) in [5, 5.41) is 3.57. The third kappa shape index (κ3) is 2.53. The minimum atomic E-state index is 1.12. The molecule has 1 N–H and O–H groups in total. The van der Waals surface area contributed by atoms with Crippen LogP contribution in [0, 0.1) is 0 Å². The Morgan fingerprint density at radius 3 is 2.93 bits per heavy atom. The maximum absolute atomic E-state index is 3.57. The van der Waals surface area contributed by atoms with Gasteiger partial charge in [-0.15, -0.1) is 0 Å². The number of hydrogen-bond donors (Lipinski definition) is 1. The summed E-state index contributed by atoms with van der Waals surface area (Å²) in [5.74, 6) is 0. The number of fused-ring (bicyclic) bond motifs is 1. The highest BCUT2D eigenvalue weighted by atomic mass is 14.9. The van der Waals surface area contributed by atoms with Crippen LogP contribution in [0.5, 0.6) is 0 Å². The highest BCUT2D eigenvalue weighted by Gasteiger charge is 2.11. The summed E-state index contributed by atoms with van der Waals surface area (Å²) in [6.07, 6.45) is 7.81. The molecule has 2 rings (SSSR count). The van der Waals surface area contributed by atoms with Gasteiger partial charge in [-0.3, -0.25) is 0 Å². The Labute approximate surface area is 92.9 Å².